The standard InChI is InChI=1S/C11H18N2O2S/c1-8(2)6-16-7-9-5-10(14)13(4)11(15)12(9)3/h5,8H,6-7H2,1-4H3. The minimum absolute atomic E-state index is 0.233. The monoisotopic (exact) mass is 242 g/mol. The fourth-order valence-electron chi connectivity index (χ4n) is 1.32. The Balaban J connectivity index is 2.90. The van der Waals surface area contributed by atoms with E-state index in [-0.39, 0.29) is 11.2 Å². The predicted molar refractivity (Wildman–Crippen MR) is 67.9 cm³/mol. The number of thioether (sulfide) groups is 1. The Labute approximate surface area is 99.3 Å². The van der Waals surface area contributed by atoms with Crippen molar-refractivity contribution in [3.63, 3.8) is 0 Å². The summed E-state index contributed by atoms with van der Waals surface area (Å²) in [4.78, 5) is 23.1. The maximum absolute atomic E-state index is 11.6. The summed E-state index contributed by atoms with van der Waals surface area (Å²) in [7, 11) is 3.20. The first-order valence-corrected chi connectivity index (χ1v) is 6.42. The van der Waals surface area contributed by atoms with Crippen LogP contribution in [0.3, 0.4) is 0 Å². The van der Waals surface area contributed by atoms with E-state index in [0.29, 0.717) is 11.7 Å². The molecular weight excluding hydrogens is 224 g/mol. The van der Waals surface area contributed by atoms with Crippen LogP contribution in [0.1, 0.15) is 19.5 Å². The topological polar surface area (TPSA) is 44.0 Å². The summed E-state index contributed by atoms with van der Waals surface area (Å²) >= 11 is 1.74. The van der Waals surface area contributed by atoms with Crippen molar-refractivity contribution in [2.45, 2.75) is 19.6 Å². The first kappa shape index (κ1) is 13.1. The van der Waals surface area contributed by atoms with Crippen molar-refractivity contribution in [1.82, 2.24) is 9.13 Å². The van der Waals surface area contributed by atoms with Gasteiger partial charge in [-0.1, -0.05) is 13.8 Å². The molecule has 0 aliphatic heterocycles. The van der Waals surface area contributed by atoms with E-state index >= 15 is 0 Å². The molecule has 4 nitrogen and oxygen atoms in total. The Bertz CT molecular complexity index is 474. The lowest BCUT2D eigenvalue weighted by Crippen LogP contribution is -2.37. The number of nitrogens with zero attached hydrogens (tertiary/aromatic N) is 2. The molecule has 1 rings (SSSR count). The SMILES string of the molecule is CC(C)CSCc1cc(=O)n(C)c(=O)n1C. The molecule has 90 valence electrons. The number of rotatable bonds is 4. The lowest BCUT2D eigenvalue weighted by atomic mass is 10.3. The highest BCUT2D eigenvalue weighted by Gasteiger charge is 2.05. The predicted octanol–water partition coefficient (Wildman–Crippen LogP) is 0.973. The molecule has 0 aliphatic rings. The minimum atomic E-state index is -0.257. The van der Waals surface area contributed by atoms with Gasteiger partial charge in [0.1, 0.15) is 0 Å². The van der Waals surface area contributed by atoms with Gasteiger partial charge in [-0.3, -0.25) is 13.9 Å². The molecule has 0 saturated heterocycles. The van der Waals surface area contributed by atoms with Crippen molar-refractivity contribution in [2.75, 3.05) is 5.75 Å². The summed E-state index contributed by atoms with van der Waals surface area (Å²) in [6, 6.07) is 1.54. The van der Waals surface area contributed by atoms with E-state index in [1.807, 2.05) is 0 Å². The van der Waals surface area contributed by atoms with Crippen LogP contribution in [0.2, 0.25) is 0 Å². The fourth-order valence-corrected chi connectivity index (χ4v) is 2.39. The van der Waals surface area contributed by atoms with Crippen molar-refractivity contribution >= 4 is 11.8 Å². The summed E-state index contributed by atoms with van der Waals surface area (Å²) in [5.74, 6) is 2.36. The van der Waals surface area contributed by atoms with Crippen LogP contribution >= 0.6 is 11.8 Å². The molecule has 0 fully saturated rings. The molecule has 1 heterocycles. The largest absolute Gasteiger partial charge is 0.330 e. The zero-order valence-corrected chi connectivity index (χ0v) is 11.0. The molecule has 0 bridgehead atoms. The highest BCUT2D eigenvalue weighted by molar-refractivity contribution is 7.98. The molecule has 0 amide bonds. The van der Waals surface area contributed by atoms with Crippen molar-refractivity contribution in [3.8, 4) is 0 Å². The van der Waals surface area contributed by atoms with Crippen LogP contribution in [-0.4, -0.2) is 14.9 Å². The smallest absolute Gasteiger partial charge is 0.300 e. The van der Waals surface area contributed by atoms with Gasteiger partial charge < -0.3 is 0 Å². The summed E-state index contributed by atoms with van der Waals surface area (Å²) in [5, 5.41) is 0. The third-order valence-electron chi connectivity index (χ3n) is 2.33. The average molecular weight is 242 g/mol. The second-order valence-electron chi connectivity index (χ2n) is 4.28. The van der Waals surface area contributed by atoms with Gasteiger partial charge in [0.2, 0.25) is 0 Å². The molecule has 1 aromatic rings. The second kappa shape index (κ2) is 5.39. The van der Waals surface area contributed by atoms with Crippen LogP contribution in [0.25, 0.3) is 0 Å². The summed E-state index contributed by atoms with van der Waals surface area (Å²) < 4.78 is 2.66. The van der Waals surface area contributed by atoms with Gasteiger partial charge in [0, 0.05) is 31.6 Å². The van der Waals surface area contributed by atoms with Crippen LogP contribution in [0, 0.1) is 5.92 Å². The Morgan fingerprint density at radius 3 is 2.44 bits per heavy atom. The molecular formula is C11H18N2O2S. The van der Waals surface area contributed by atoms with Crippen LogP contribution < -0.4 is 11.2 Å². The average Bonchev–Trinajstić information content (AvgIpc) is 2.22. The normalized spacial score (nSPS) is 11.1. The molecule has 0 radical (unpaired) electrons. The molecule has 0 aromatic carbocycles. The third kappa shape index (κ3) is 3.01. The van der Waals surface area contributed by atoms with Gasteiger partial charge >= 0.3 is 5.69 Å². The van der Waals surface area contributed by atoms with E-state index in [0.717, 1.165) is 16.0 Å². The van der Waals surface area contributed by atoms with Crippen LogP contribution in [-0.2, 0) is 19.8 Å². The fraction of sp³-hybridized carbons (Fsp3) is 0.636. The lowest BCUT2D eigenvalue weighted by molar-refractivity contribution is 0.664. The molecule has 0 saturated carbocycles. The zero-order chi connectivity index (χ0) is 12.3. The molecule has 0 N–H and O–H groups in total. The van der Waals surface area contributed by atoms with Crippen LogP contribution in [0.4, 0.5) is 0 Å². The van der Waals surface area contributed by atoms with Crippen LogP contribution in [0.5, 0.6) is 0 Å². The maximum atomic E-state index is 11.6. The van der Waals surface area contributed by atoms with Crippen molar-refractivity contribution < 1.29 is 0 Å². The van der Waals surface area contributed by atoms with Crippen molar-refractivity contribution in [3.05, 3.63) is 32.6 Å². The van der Waals surface area contributed by atoms with E-state index < -0.39 is 0 Å². The Morgan fingerprint density at radius 2 is 1.88 bits per heavy atom. The lowest BCUT2D eigenvalue weighted by Gasteiger charge is -2.09. The first-order chi connectivity index (χ1) is 7.43. The summed E-state index contributed by atoms with van der Waals surface area (Å²) in [5.41, 5.74) is 0.301. The van der Waals surface area contributed by atoms with E-state index in [9.17, 15) is 9.59 Å². The molecule has 0 aliphatic carbocycles. The maximum Gasteiger partial charge on any atom is 0.330 e. The van der Waals surface area contributed by atoms with Crippen LogP contribution in [0.15, 0.2) is 15.7 Å². The third-order valence-corrected chi connectivity index (χ3v) is 3.73. The van der Waals surface area contributed by atoms with Gasteiger partial charge in [0.25, 0.3) is 5.56 Å². The quantitative estimate of drug-likeness (QED) is 0.790. The Morgan fingerprint density at radius 1 is 1.25 bits per heavy atom. The molecule has 0 spiro atoms. The molecule has 16 heavy (non-hydrogen) atoms. The van der Waals surface area contributed by atoms with Gasteiger partial charge in [-0.25, -0.2) is 4.79 Å². The van der Waals surface area contributed by atoms with Crippen molar-refractivity contribution in [1.29, 1.82) is 0 Å². The zero-order valence-electron chi connectivity index (χ0n) is 10.2. The van der Waals surface area contributed by atoms with E-state index in [1.165, 1.54) is 17.7 Å². The molecule has 1 aromatic heterocycles. The second-order valence-corrected chi connectivity index (χ2v) is 5.31. The highest BCUT2D eigenvalue weighted by atomic mass is 32.2. The van der Waals surface area contributed by atoms with Crippen molar-refractivity contribution in [2.24, 2.45) is 20.0 Å². The molecule has 0 unspecified atom stereocenters. The van der Waals surface area contributed by atoms with Gasteiger partial charge in [-0.15, -0.1) is 0 Å². The van der Waals surface area contributed by atoms with Gasteiger partial charge in [-0.2, -0.15) is 11.8 Å². The number of hydrogen-bond donors (Lipinski definition) is 0. The number of hydrogen-bond acceptors (Lipinski definition) is 3. The summed E-state index contributed by atoms with van der Waals surface area (Å²) in [6.45, 7) is 4.30. The molecule has 0 atom stereocenters. The highest BCUT2D eigenvalue weighted by Crippen LogP contribution is 2.12. The summed E-state index contributed by atoms with van der Waals surface area (Å²) in [6.07, 6.45) is 0. The minimum Gasteiger partial charge on any atom is -0.300 e. The number of aromatic nitrogens is 2. The van der Waals surface area contributed by atoms with Gasteiger partial charge in [0.15, 0.2) is 0 Å². The Kier molecular flexibility index (Phi) is 4.41. The molecule has 5 heteroatoms. The van der Waals surface area contributed by atoms with Gasteiger partial charge in [0.05, 0.1) is 0 Å². The van der Waals surface area contributed by atoms with E-state index in [2.05, 4.69) is 13.8 Å². The van der Waals surface area contributed by atoms with E-state index in [1.54, 1.807) is 18.8 Å². The van der Waals surface area contributed by atoms with Gasteiger partial charge in [-0.05, 0) is 11.7 Å². The van der Waals surface area contributed by atoms with E-state index in [4.69, 9.17) is 0 Å². The Hall–Kier alpha value is -0.970. The first-order valence-electron chi connectivity index (χ1n) is 5.27.